The van der Waals surface area contributed by atoms with Gasteiger partial charge >= 0.3 is 0 Å². The van der Waals surface area contributed by atoms with E-state index in [1.165, 1.54) is 0 Å². The Balaban J connectivity index is 2.16. The predicted octanol–water partition coefficient (Wildman–Crippen LogP) is 2.83. The first-order chi connectivity index (χ1) is 8.36. The molecule has 0 bridgehead atoms. The maximum absolute atomic E-state index is 9.25. The second-order valence-corrected chi connectivity index (χ2v) is 4.13. The van der Waals surface area contributed by atoms with E-state index in [1.807, 2.05) is 18.2 Å². The normalized spacial score (nSPS) is 10.6. The van der Waals surface area contributed by atoms with Crippen molar-refractivity contribution in [1.29, 1.82) is 5.26 Å². The summed E-state index contributed by atoms with van der Waals surface area (Å²) in [5.41, 5.74) is 2.13. The minimum absolute atomic E-state index is 0.0792. The number of hydrogen-bond acceptors (Lipinski definition) is 2. The number of benzene rings is 1. The van der Waals surface area contributed by atoms with Crippen molar-refractivity contribution in [1.82, 2.24) is 4.57 Å². The van der Waals surface area contributed by atoms with Gasteiger partial charge in [-0.15, -0.1) is 0 Å². The molecule has 0 atom stereocenters. The molecule has 0 aliphatic carbocycles. The van der Waals surface area contributed by atoms with Crippen molar-refractivity contribution in [2.75, 3.05) is 0 Å². The number of nitrogens with zero attached hydrogens (tertiary/aromatic N) is 2. The molecule has 0 aliphatic rings. The SMILES string of the molecule is N#CCCCCn1ccc2c(CO)cccc21. The van der Waals surface area contributed by atoms with E-state index in [9.17, 15) is 5.11 Å². The molecule has 2 aromatic rings. The summed E-state index contributed by atoms with van der Waals surface area (Å²) >= 11 is 0. The van der Waals surface area contributed by atoms with Gasteiger partial charge in [-0.2, -0.15) is 5.26 Å². The zero-order valence-corrected chi connectivity index (χ0v) is 9.76. The van der Waals surface area contributed by atoms with E-state index in [0.717, 1.165) is 35.9 Å². The van der Waals surface area contributed by atoms with Crippen molar-refractivity contribution in [3.8, 4) is 6.07 Å². The van der Waals surface area contributed by atoms with Gasteiger partial charge < -0.3 is 9.67 Å². The fourth-order valence-electron chi connectivity index (χ4n) is 2.11. The molecule has 0 radical (unpaired) electrons. The lowest BCUT2D eigenvalue weighted by Gasteiger charge is -2.05. The van der Waals surface area contributed by atoms with Gasteiger partial charge in [-0.05, 0) is 30.5 Å². The number of nitriles is 1. The number of unbranched alkanes of at least 4 members (excludes halogenated alkanes) is 2. The number of aliphatic hydroxyl groups excluding tert-OH is 1. The average molecular weight is 228 g/mol. The van der Waals surface area contributed by atoms with Crippen molar-refractivity contribution in [3.05, 3.63) is 36.0 Å². The lowest BCUT2D eigenvalue weighted by molar-refractivity contribution is 0.283. The number of aromatic nitrogens is 1. The number of aryl methyl sites for hydroxylation is 1. The Kier molecular flexibility index (Phi) is 3.79. The van der Waals surface area contributed by atoms with E-state index in [0.29, 0.717) is 6.42 Å². The monoisotopic (exact) mass is 228 g/mol. The van der Waals surface area contributed by atoms with Crippen LogP contribution in [0.25, 0.3) is 10.9 Å². The Hall–Kier alpha value is -1.79. The van der Waals surface area contributed by atoms with E-state index < -0.39 is 0 Å². The maximum Gasteiger partial charge on any atom is 0.0688 e. The molecule has 1 heterocycles. The third-order valence-electron chi connectivity index (χ3n) is 3.01. The molecular weight excluding hydrogens is 212 g/mol. The summed E-state index contributed by atoms with van der Waals surface area (Å²) in [6.07, 6.45) is 4.63. The molecule has 0 saturated heterocycles. The van der Waals surface area contributed by atoms with Crippen molar-refractivity contribution < 1.29 is 5.11 Å². The van der Waals surface area contributed by atoms with E-state index in [2.05, 4.69) is 22.9 Å². The first kappa shape index (κ1) is 11.7. The Morgan fingerprint density at radius 1 is 1.24 bits per heavy atom. The van der Waals surface area contributed by atoms with Crippen molar-refractivity contribution in [2.24, 2.45) is 0 Å². The summed E-state index contributed by atoms with van der Waals surface area (Å²) in [6, 6.07) is 10.2. The second kappa shape index (κ2) is 5.51. The number of aliphatic hydroxyl groups is 1. The Morgan fingerprint density at radius 3 is 2.88 bits per heavy atom. The van der Waals surface area contributed by atoms with Gasteiger partial charge in [-0.25, -0.2) is 0 Å². The molecule has 1 aromatic heterocycles. The molecular formula is C14H16N2O. The standard InChI is InChI=1S/C14H16N2O/c15-8-2-1-3-9-16-10-7-13-12(11-17)5-4-6-14(13)16/h4-7,10,17H,1-3,9,11H2. The van der Waals surface area contributed by atoms with Crippen molar-refractivity contribution >= 4 is 10.9 Å². The highest BCUT2D eigenvalue weighted by atomic mass is 16.3. The second-order valence-electron chi connectivity index (χ2n) is 4.13. The zero-order chi connectivity index (χ0) is 12.1. The molecule has 0 spiro atoms. The summed E-state index contributed by atoms with van der Waals surface area (Å²) in [7, 11) is 0. The lowest BCUT2D eigenvalue weighted by atomic mass is 10.1. The van der Waals surface area contributed by atoms with Crippen LogP contribution in [-0.4, -0.2) is 9.67 Å². The van der Waals surface area contributed by atoms with Crippen LogP contribution in [0.15, 0.2) is 30.5 Å². The van der Waals surface area contributed by atoms with Gasteiger partial charge in [0.15, 0.2) is 0 Å². The van der Waals surface area contributed by atoms with Gasteiger partial charge in [0.05, 0.1) is 12.7 Å². The minimum atomic E-state index is 0.0792. The molecule has 0 unspecified atom stereocenters. The quantitative estimate of drug-likeness (QED) is 0.800. The van der Waals surface area contributed by atoms with Crippen LogP contribution in [0.1, 0.15) is 24.8 Å². The first-order valence-electron chi connectivity index (χ1n) is 5.91. The Morgan fingerprint density at radius 2 is 2.12 bits per heavy atom. The molecule has 1 aromatic carbocycles. The molecule has 0 aliphatic heterocycles. The van der Waals surface area contributed by atoms with Crippen LogP contribution in [0.2, 0.25) is 0 Å². The first-order valence-corrected chi connectivity index (χ1v) is 5.91. The molecule has 88 valence electrons. The molecule has 0 amide bonds. The van der Waals surface area contributed by atoms with Gasteiger partial charge in [0.25, 0.3) is 0 Å². The largest absolute Gasteiger partial charge is 0.392 e. The van der Waals surface area contributed by atoms with Crippen LogP contribution in [0.5, 0.6) is 0 Å². The van der Waals surface area contributed by atoms with Crippen LogP contribution in [-0.2, 0) is 13.2 Å². The van der Waals surface area contributed by atoms with Crippen LogP contribution >= 0.6 is 0 Å². The number of fused-ring (bicyclic) bond motifs is 1. The van der Waals surface area contributed by atoms with Crippen LogP contribution in [0, 0.1) is 11.3 Å². The summed E-state index contributed by atoms with van der Waals surface area (Å²) in [4.78, 5) is 0. The summed E-state index contributed by atoms with van der Waals surface area (Å²) in [5, 5.41) is 18.8. The number of hydrogen-bond donors (Lipinski definition) is 1. The van der Waals surface area contributed by atoms with E-state index in [-0.39, 0.29) is 6.61 Å². The van der Waals surface area contributed by atoms with Crippen LogP contribution in [0.3, 0.4) is 0 Å². The highest BCUT2D eigenvalue weighted by molar-refractivity contribution is 5.83. The summed E-state index contributed by atoms with van der Waals surface area (Å²) < 4.78 is 2.19. The molecule has 2 rings (SSSR count). The topological polar surface area (TPSA) is 49.0 Å². The maximum atomic E-state index is 9.25. The fourth-order valence-corrected chi connectivity index (χ4v) is 2.11. The highest BCUT2D eigenvalue weighted by Crippen LogP contribution is 2.20. The van der Waals surface area contributed by atoms with Gasteiger partial charge in [0, 0.05) is 30.1 Å². The van der Waals surface area contributed by atoms with E-state index in [4.69, 9.17) is 5.26 Å². The molecule has 17 heavy (non-hydrogen) atoms. The Bertz CT molecular complexity index is 537. The van der Waals surface area contributed by atoms with Crippen molar-refractivity contribution in [2.45, 2.75) is 32.4 Å². The minimum Gasteiger partial charge on any atom is -0.392 e. The summed E-state index contributed by atoms with van der Waals surface area (Å²) in [6.45, 7) is 1.01. The van der Waals surface area contributed by atoms with E-state index >= 15 is 0 Å². The van der Waals surface area contributed by atoms with Gasteiger partial charge in [0.2, 0.25) is 0 Å². The zero-order valence-electron chi connectivity index (χ0n) is 9.76. The van der Waals surface area contributed by atoms with E-state index in [1.54, 1.807) is 0 Å². The molecule has 0 fully saturated rings. The van der Waals surface area contributed by atoms with Crippen LogP contribution < -0.4 is 0 Å². The van der Waals surface area contributed by atoms with Gasteiger partial charge in [-0.3, -0.25) is 0 Å². The molecule has 0 saturated carbocycles. The smallest absolute Gasteiger partial charge is 0.0688 e. The fraction of sp³-hybridized carbons (Fsp3) is 0.357. The number of rotatable bonds is 5. The predicted molar refractivity (Wildman–Crippen MR) is 67.3 cm³/mol. The highest BCUT2D eigenvalue weighted by Gasteiger charge is 2.04. The third-order valence-corrected chi connectivity index (χ3v) is 3.01. The summed E-state index contributed by atoms with van der Waals surface area (Å²) in [5.74, 6) is 0. The van der Waals surface area contributed by atoms with Crippen molar-refractivity contribution in [3.63, 3.8) is 0 Å². The lowest BCUT2D eigenvalue weighted by Crippen LogP contribution is -1.96. The van der Waals surface area contributed by atoms with Crippen LogP contribution in [0.4, 0.5) is 0 Å². The molecule has 3 heteroatoms. The van der Waals surface area contributed by atoms with Gasteiger partial charge in [-0.1, -0.05) is 12.1 Å². The van der Waals surface area contributed by atoms with Gasteiger partial charge in [0.1, 0.15) is 0 Å². The molecule has 1 N–H and O–H groups in total. The average Bonchev–Trinajstić information content (AvgIpc) is 2.78. The Labute approximate surface area is 101 Å². The third kappa shape index (κ3) is 2.48. The molecule has 3 nitrogen and oxygen atoms in total.